The Hall–Kier alpha value is -0.890. The molecule has 1 aromatic rings. The van der Waals surface area contributed by atoms with Crippen LogP contribution in [0, 0.1) is 0 Å². The van der Waals surface area contributed by atoms with Crippen molar-refractivity contribution in [2.24, 2.45) is 0 Å². The van der Waals surface area contributed by atoms with E-state index in [1.807, 2.05) is 12.4 Å². The first-order chi connectivity index (χ1) is 6.24. The molecule has 0 aromatic carbocycles. The molecular weight excluding hydrogens is 160 g/mol. The lowest BCUT2D eigenvalue weighted by Gasteiger charge is -2.18. The molecule has 0 fully saturated rings. The first-order valence-corrected chi connectivity index (χ1v) is 4.90. The molecule has 0 aliphatic rings. The van der Waals surface area contributed by atoms with Crippen molar-refractivity contribution < 1.29 is 0 Å². The standard InChI is InChI=1S/C11H18N2/c1-4-9(2)13-10(3)11-5-7-12-8-6-11/h5-10,13H,4H2,1-3H3/t9?,10-/m0/s1. The molecule has 0 saturated heterocycles. The summed E-state index contributed by atoms with van der Waals surface area (Å²) >= 11 is 0. The van der Waals surface area contributed by atoms with Gasteiger partial charge >= 0.3 is 0 Å². The third kappa shape index (κ3) is 3.15. The van der Waals surface area contributed by atoms with Crippen LogP contribution in [0.5, 0.6) is 0 Å². The third-order valence-corrected chi connectivity index (χ3v) is 2.35. The number of hydrogen-bond acceptors (Lipinski definition) is 2. The zero-order valence-electron chi connectivity index (χ0n) is 8.62. The molecule has 1 N–H and O–H groups in total. The van der Waals surface area contributed by atoms with Crippen molar-refractivity contribution in [2.75, 3.05) is 0 Å². The fourth-order valence-corrected chi connectivity index (χ4v) is 1.29. The van der Waals surface area contributed by atoms with Gasteiger partial charge in [-0.1, -0.05) is 6.92 Å². The van der Waals surface area contributed by atoms with Crippen molar-refractivity contribution >= 4 is 0 Å². The highest BCUT2D eigenvalue weighted by Gasteiger charge is 2.06. The monoisotopic (exact) mass is 178 g/mol. The zero-order chi connectivity index (χ0) is 9.68. The Bertz CT molecular complexity index is 233. The maximum Gasteiger partial charge on any atom is 0.0295 e. The van der Waals surface area contributed by atoms with E-state index in [4.69, 9.17) is 0 Å². The Labute approximate surface area is 80.4 Å². The van der Waals surface area contributed by atoms with E-state index in [1.165, 1.54) is 5.56 Å². The van der Waals surface area contributed by atoms with E-state index >= 15 is 0 Å². The minimum absolute atomic E-state index is 0.415. The molecule has 0 spiro atoms. The molecule has 13 heavy (non-hydrogen) atoms. The minimum Gasteiger partial charge on any atom is -0.308 e. The van der Waals surface area contributed by atoms with Crippen molar-refractivity contribution in [2.45, 2.75) is 39.3 Å². The Balaban J connectivity index is 2.53. The van der Waals surface area contributed by atoms with Crippen LogP contribution in [-0.2, 0) is 0 Å². The predicted molar refractivity (Wildman–Crippen MR) is 55.5 cm³/mol. The topological polar surface area (TPSA) is 24.9 Å². The highest BCUT2D eigenvalue weighted by atomic mass is 14.9. The van der Waals surface area contributed by atoms with Crippen LogP contribution in [0.4, 0.5) is 0 Å². The fourth-order valence-electron chi connectivity index (χ4n) is 1.29. The van der Waals surface area contributed by atoms with Crippen LogP contribution in [0.3, 0.4) is 0 Å². The molecule has 1 unspecified atom stereocenters. The van der Waals surface area contributed by atoms with Gasteiger partial charge in [0.15, 0.2) is 0 Å². The summed E-state index contributed by atoms with van der Waals surface area (Å²) in [5.41, 5.74) is 1.30. The molecule has 1 aromatic heterocycles. The van der Waals surface area contributed by atoms with E-state index in [2.05, 4.69) is 43.2 Å². The van der Waals surface area contributed by atoms with Gasteiger partial charge in [0.25, 0.3) is 0 Å². The van der Waals surface area contributed by atoms with Gasteiger partial charge in [0.2, 0.25) is 0 Å². The molecule has 1 heterocycles. The van der Waals surface area contributed by atoms with Crippen LogP contribution in [-0.4, -0.2) is 11.0 Å². The van der Waals surface area contributed by atoms with Crippen LogP contribution < -0.4 is 5.32 Å². The van der Waals surface area contributed by atoms with E-state index in [0.29, 0.717) is 12.1 Å². The molecule has 1 rings (SSSR count). The number of pyridine rings is 1. The minimum atomic E-state index is 0.415. The quantitative estimate of drug-likeness (QED) is 0.766. The Morgan fingerprint density at radius 2 is 1.92 bits per heavy atom. The molecule has 2 heteroatoms. The summed E-state index contributed by atoms with van der Waals surface area (Å²) in [4.78, 5) is 4.00. The van der Waals surface area contributed by atoms with Crippen LogP contribution >= 0.6 is 0 Å². The van der Waals surface area contributed by atoms with E-state index in [9.17, 15) is 0 Å². The van der Waals surface area contributed by atoms with Gasteiger partial charge in [0.05, 0.1) is 0 Å². The van der Waals surface area contributed by atoms with Gasteiger partial charge in [-0.25, -0.2) is 0 Å². The summed E-state index contributed by atoms with van der Waals surface area (Å²) in [5, 5.41) is 3.52. The molecule has 2 atom stereocenters. The molecule has 0 saturated carbocycles. The summed E-state index contributed by atoms with van der Waals surface area (Å²) in [7, 11) is 0. The molecule has 0 aliphatic heterocycles. The van der Waals surface area contributed by atoms with E-state index in [1.54, 1.807) is 0 Å². The second-order valence-corrected chi connectivity index (χ2v) is 3.48. The molecular formula is C11H18N2. The molecule has 0 aliphatic carbocycles. The van der Waals surface area contributed by atoms with Crippen LogP contribution in [0.2, 0.25) is 0 Å². The van der Waals surface area contributed by atoms with E-state index in [-0.39, 0.29) is 0 Å². The Kier molecular flexibility index (Phi) is 3.90. The number of hydrogen-bond donors (Lipinski definition) is 1. The summed E-state index contributed by atoms with van der Waals surface area (Å²) in [6.07, 6.45) is 4.84. The maximum atomic E-state index is 4.00. The number of nitrogens with zero attached hydrogens (tertiary/aromatic N) is 1. The lowest BCUT2D eigenvalue weighted by molar-refractivity contribution is 0.469. The molecule has 0 bridgehead atoms. The first-order valence-electron chi connectivity index (χ1n) is 4.90. The van der Waals surface area contributed by atoms with Gasteiger partial charge < -0.3 is 5.32 Å². The third-order valence-electron chi connectivity index (χ3n) is 2.35. The van der Waals surface area contributed by atoms with Gasteiger partial charge in [-0.05, 0) is 38.0 Å². The maximum absolute atomic E-state index is 4.00. The van der Waals surface area contributed by atoms with Crippen molar-refractivity contribution in [1.82, 2.24) is 10.3 Å². The van der Waals surface area contributed by atoms with Gasteiger partial charge in [-0.2, -0.15) is 0 Å². The number of nitrogens with one attached hydrogen (secondary N) is 1. The van der Waals surface area contributed by atoms with Crippen LogP contribution in [0.15, 0.2) is 24.5 Å². The second kappa shape index (κ2) is 4.97. The van der Waals surface area contributed by atoms with Gasteiger partial charge in [0.1, 0.15) is 0 Å². The highest BCUT2D eigenvalue weighted by Crippen LogP contribution is 2.11. The summed E-state index contributed by atoms with van der Waals surface area (Å²) in [5.74, 6) is 0. The largest absolute Gasteiger partial charge is 0.308 e. The summed E-state index contributed by atoms with van der Waals surface area (Å²) in [6, 6.07) is 5.10. The van der Waals surface area contributed by atoms with Crippen molar-refractivity contribution in [3.63, 3.8) is 0 Å². The highest BCUT2D eigenvalue weighted by molar-refractivity contribution is 5.13. The SMILES string of the molecule is CCC(C)N[C@@H](C)c1ccncc1. The van der Waals surface area contributed by atoms with Crippen molar-refractivity contribution in [1.29, 1.82) is 0 Å². The molecule has 0 amide bonds. The van der Waals surface area contributed by atoms with Crippen LogP contribution in [0.1, 0.15) is 38.8 Å². The Morgan fingerprint density at radius 3 is 2.46 bits per heavy atom. The normalized spacial score (nSPS) is 15.3. The lowest BCUT2D eigenvalue weighted by atomic mass is 10.1. The van der Waals surface area contributed by atoms with Gasteiger partial charge in [0, 0.05) is 24.5 Å². The predicted octanol–water partition coefficient (Wildman–Crippen LogP) is 2.53. The van der Waals surface area contributed by atoms with Crippen molar-refractivity contribution in [3.05, 3.63) is 30.1 Å². The van der Waals surface area contributed by atoms with Gasteiger partial charge in [-0.15, -0.1) is 0 Å². The van der Waals surface area contributed by atoms with Crippen molar-refractivity contribution in [3.8, 4) is 0 Å². The number of aromatic nitrogens is 1. The van der Waals surface area contributed by atoms with Gasteiger partial charge in [-0.3, -0.25) is 4.98 Å². The van der Waals surface area contributed by atoms with Crippen LogP contribution in [0.25, 0.3) is 0 Å². The molecule has 0 radical (unpaired) electrons. The molecule has 72 valence electrons. The first kappa shape index (κ1) is 10.2. The fraction of sp³-hybridized carbons (Fsp3) is 0.545. The summed E-state index contributed by atoms with van der Waals surface area (Å²) in [6.45, 7) is 6.58. The van der Waals surface area contributed by atoms with E-state index in [0.717, 1.165) is 6.42 Å². The lowest BCUT2D eigenvalue weighted by Crippen LogP contribution is -2.28. The van der Waals surface area contributed by atoms with E-state index < -0.39 is 0 Å². The second-order valence-electron chi connectivity index (χ2n) is 3.48. The average Bonchev–Trinajstić information content (AvgIpc) is 2.19. The number of rotatable bonds is 4. The zero-order valence-corrected chi connectivity index (χ0v) is 8.62. The average molecular weight is 178 g/mol. The summed E-state index contributed by atoms with van der Waals surface area (Å²) < 4.78 is 0. The molecule has 2 nitrogen and oxygen atoms in total. The smallest absolute Gasteiger partial charge is 0.0295 e. The Morgan fingerprint density at radius 1 is 1.31 bits per heavy atom.